The number of methoxy groups -OCH3 is 1. The number of ether oxygens (including phenoxy) is 1. The van der Waals surface area contributed by atoms with Gasteiger partial charge in [0.15, 0.2) is 0 Å². The second-order valence-electron chi connectivity index (χ2n) is 13.6. The quantitative estimate of drug-likeness (QED) is 0.299. The molecule has 0 radical (unpaired) electrons. The van der Waals surface area contributed by atoms with Gasteiger partial charge in [0.1, 0.15) is 11.4 Å². The van der Waals surface area contributed by atoms with Gasteiger partial charge < -0.3 is 19.5 Å². The number of benzene rings is 2. The van der Waals surface area contributed by atoms with Gasteiger partial charge in [-0.15, -0.1) is 0 Å². The highest BCUT2D eigenvalue weighted by Crippen LogP contribution is 2.50. The van der Waals surface area contributed by atoms with Crippen molar-refractivity contribution in [1.29, 1.82) is 0 Å². The van der Waals surface area contributed by atoms with E-state index in [9.17, 15) is 19.2 Å². The molecule has 2 saturated heterocycles. The molecular weight excluding hydrogens is 686 g/mol. The van der Waals surface area contributed by atoms with E-state index in [1.807, 2.05) is 11.0 Å². The van der Waals surface area contributed by atoms with Crippen LogP contribution >= 0.6 is 23.2 Å². The topological polar surface area (TPSA) is 119 Å². The van der Waals surface area contributed by atoms with Crippen LogP contribution in [0.25, 0.3) is 22.4 Å². The van der Waals surface area contributed by atoms with Crippen molar-refractivity contribution in [2.45, 2.75) is 32.7 Å². The smallest absolute Gasteiger partial charge is 0.330 e. The van der Waals surface area contributed by atoms with Crippen molar-refractivity contribution in [2.75, 3.05) is 38.6 Å². The molecule has 2 aromatic heterocycles. The van der Waals surface area contributed by atoms with Crippen LogP contribution in [-0.2, 0) is 25.3 Å². The number of pyridine rings is 1. The van der Waals surface area contributed by atoms with Gasteiger partial charge in [0.25, 0.3) is 11.5 Å². The molecule has 50 heavy (non-hydrogen) atoms. The van der Waals surface area contributed by atoms with Crippen LogP contribution in [0.4, 0.5) is 10.1 Å². The van der Waals surface area contributed by atoms with Gasteiger partial charge >= 0.3 is 5.69 Å². The third kappa shape index (κ3) is 5.41. The van der Waals surface area contributed by atoms with Gasteiger partial charge in [0.05, 0.1) is 28.5 Å². The summed E-state index contributed by atoms with van der Waals surface area (Å²) in [5.74, 6) is -0.807. The fraction of sp³-hybridized carbons (Fsp3) is 0.361. The number of rotatable bonds is 6. The monoisotopic (exact) mass is 720 g/mol. The van der Waals surface area contributed by atoms with Gasteiger partial charge in [-0.25, -0.2) is 14.2 Å². The maximum absolute atomic E-state index is 15.8. The molecule has 2 fully saturated rings. The predicted octanol–water partition coefficient (Wildman–Crippen LogP) is 4.98. The lowest BCUT2D eigenvalue weighted by Crippen LogP contribution is -2.72. The van der Waals surface area contributed by atoms with E-state index < -0.39 is 23.0 Å². The number of aryl methyl sites for hydroxylation is 3. The molecule has 1 aliphatic carbocycles. The number of nitrogens with one attached hydrogen (secondary N) is 1. The van der Waals surface area contributed by atoms with Gasteiger partial charge in [0.2, 0.25) is 11.8 Å². The maximum atomic E-state index is 15.8. The lowest BCUT2D eigenvalue weighted by atomic mass is 9.72. The van der Waals surface area contributed by atoms with Crippen LogP contribution in [0.3, 0.4) is 0 Å². The molecular formula is C36H35Cl2FN6O5. The number of halogens is 3. The average Bonchev–Trinajstić information content (AvgIpc) is 3.46. The Labute approximate surface area is 297 Å². The number of carbonyl (C=O) groups is 2. The highest BCUT2D eigenvalue weighted by molar-refractivity contribution is 6.40. The molecule has 2 aromatic carbocycles. The number of hydrogen-bond acceptors (Lipinski definition) is 7. The van der Waals surface area contributed by atoms with Crippen LogP contribution in [0.15, 0.2) is 46.1 Å². The first-order valence-electron chi connectivity index (χ1n) is 16.2. The summed E-state index contributed by atoms with van der Waals surface area (Å²) in [6.45, 7) is 6.78. The van der Waals surface area contributed by atoms with Crippen molar-refractivity contribution >= 4 is 40.7 Å². The first-order valence-corrected chi connectivity index (χ1v) is 16.9. The minimum absolute atomic E-state index is 0.0190. The Balaban J connectivity index is 1.21. The zero-order valence-corrected chi connectivity index (χ0v) is 29.7. The minimum Gasteiger partial charge on any atom is -0.481 e. The SMILES string of the molecule is COc1nc(-c2ccc(F)c(-c3c(C)ccc(NC(=O)c4cn(C)c(=O)n(C)c4=O)c3Cl)c2Cl)cc2c1C(N1CC3(CN(C(C)=O)C3)C1)CC2. The van der Waals surface area contributed by atoms with Gasteiger partial charge in [-0.05, 0) is 55.2 Å². The van der Waals surface area contributed by atoms with Crippen molar-refractivity contribution in [1.82, 2.24) is 23.9 Å². The Bertz CT molecular complexity index is 2240. The normalized spacial score (nSPS) is 17.7. The van der Waals surface area contributed by atoms with Crippen molar-refractivity contribution in [2.24, 2.45) is 19.5 Å². The second kappa shape index (κ2) is 12.4. The van der Waals surface area contributed by atoms with Crippen molar-refractivity contribution in [3.8, 4) is 28.3 Å². The fourth-order valence-corrected chi connectivity index (χ4v) is 8.37. The van der Waals surface area contributed by atoms with Gasteiger partial charge in [-0.2, -0.15) is 0 Å². The van der Waals surface area contributed by atoms with Crippen LogP contribution in [0.5, 0.6) is 5.88 Å². The van der Waals surface area contributed by atoms with E-state index in [2.05, 4.69) is 10.2 Å². The molecule has 7 rings (SSSR count). The average molecular weight is 722 g/mol. The van der Waals surface area contributed by atoms with E-state index >= 15 is 4.39 Å². The summed E-state index contributed by atoms with van der Waals surface area (Å²) in [5.41, 5.74) is 2.70. The second-order valence-corrected chi connectivity index (χ2v) is 14.3. The van der Waals surface area contributed by atoms with Gasteiger partial charge in [-0.3, -0.25) is 23.9 Å². The summed E-state index contributed by atoms with van der Waals surface area (Å²) < 4.78 is 23.6. The summed E-state index contributed by atoms with van der Waals surface area (Å²) in [4.78, 5) is 58.9. The first-order chi connectivity index (χ1) is 23.7. The number of nitrogens with zero attached hydrogens (tertiary/aromatic N) is 5. The third-order valence-corrected chi connectivity index (χ3v) is 11.0. The summed E-state index contributed by atoms with van der Waals surface area (Å²) >= 11 is 13.9. The van der Waals surface area contributed by atoms with Crippen molar-refractivity contribution < 1.29 is 18.7 Å². The highest BCUT2D eigenvalue weighted by atomic mass is 35.5. The van der Waals surface area contributed by atoms with Crippen LogP contribution in [-0.4, -0.2) is 69.0 Å². The number of amides is 2. The fourth-order valence-electron chi connectivity index (χ4n) is 7.67. The Morgan fingerprint density at radius 1 is 1.04 bits per heavy atom. The summed E-state index contributed by atoms with van der Waals surface area (Å²) in [6.07, 6.45) is 2.87. The van der Waals surface area contributed by atoms with Crippen molar-refractivity contribution in [3.05, 3.63) is 95.5 Å². The minimum atomic E-state index is -0.787. The summed E-state index contributed by atoms with van der Waals surface area (Å²) in [6, 6.07) is 8.22. The van der Waals surface area contributed by atoms with Crippen LogP contribution < -0.4 is 21.3 Å². The predicted molar refractivity (Wildman–Crippen MR) is 189 cm³/mol. The number of anilines is 1. The molecule has 3 aliphatic rings. The standard InChI is InChI=1S/C36H35Cl2FN6O5/c1-18-6-10-24(40-32(47)22-13-42(3)35(49)43(4)34(22)48)31(38)27(18)29-23(39)9-8-21(30(29)37)25-12-20-7-11-26(28(20)33(41-25)50-5)45-16-36(17-45)14-44(15-36)19(2)46/h6,8-10,12-13,26H,7,11,14-17H2,1-5H3,(H,40,47). The van der Waals surface area contributed by atoms with E-state index in [4.69, 9.17) is 32.9 Å². The Morgan fingerprint density at radius 3 is 2.44 bits per heavy atom. The number of fused-ring (bicyclic) bond motifs is 1. The largest absolute Gasteiger partial charge is 0.481 e. The lowest BCUT2D eigenvalue weighted by molar-refractivity contribution is -0.161. The molecule has 260 valence electrons. The Hall–Kier alpha value is -4.52. The van der Waals surface area contributed by atoms with E-state index in [1.54, 1.807) is 39.2 Å². The van der Waals surface area contributed by atoms with Crippen LogP contribution in [0.2, 0.25) is 10.0 Å². The first kappa shape index (κ1) is 34.0. The highest BCUT2D eigenvalue weighted by Gasteiger charge is 2.55. The molecule has 14 heteroatoms. The van der Waals surface area contributed by atoms with E-state index in [-0.39, 0.29) is 49.8 Å². The van der Waals surface area contributed by atoms with Crippen LogP contribution in [0, 0.1) is 18.2 Å². The van der Waals surface area contributed by atoms with E-state index in [0.717, 1.165) is 65.5 Å². The van der Waals surface area contributed by atoms with E-state index in [1.165, 1.54) is 20.2 Å². The molecule has 0 bridgehead atoms. The Kier molecular flexibility index (Phi) is 8.39. The molecule has 2 aliphatic heterocycles. The molecule has 1 N–H and O–H groups in total. The molecule has 2 amide bonds. The Morgan fingerprint density at radius 2 is 1.76 bits per heavy atom. The molecule has 1 spiro atoms. The van der Waals surface area contributed by atoms with Crippen molar-refractivity contribution in [3.63, 3.8) is 0 Å². The molecule has 0 saturated carbocycles. The zero-order valence-electron chi connectivity index (χ0n) is 28.2. The van der Waals surface area contributed by atoms with Gasteiger partial charge in [-0.1, -0.05) is 29.3 Å². The molecule has 1 unspecified atom stereocenters. The third-order valence-electron chi connectivity index (χ3n) is 10.2. The molecule has 4 aromatic rings. The number of aromatic nitrogens is 3. The zero-order chi connectivity index (χ0) is 35.8. The number of likely N-dealkylation sites (tertiary alicyclic amines) is 2. The number of carbonyl (C=O) groups excluding carboxylic acids is 2. The maximum Gasteiger partial charge on any atom is 0.330 e. The van der Waals surface area contributed by atoms with E-state index in [0.29, 0.717) is 22.7 Å². The van der Waals surface area contributed by atoms with Crippen LogP contribution in [0.1, 0.15) is 46.4 Å². The number of hydrogen-bond donors (Lipinski definition) is 1. The molecule has 1 atom stereocenters. The summed E-state index contributed by atoms with van der Waals surface area (Å²) in [5, 5.41) is 2.74. The summed E-state index contributed by atoms with van der Waals surface area (Å²) in [7, 11) is 4.29. The molecule has 11 nitrogen and oxygen atoms in total. The van der Waals surface area contributed by atoms with Gasteiger partial charge in [0, 0.05) is 87.1 Å². The molecule has 4 heterocycles. The lowest BCUT2D eigenvalue weighted by Gasteiger charge is -2.61.